The highest BCUT2D eigenvalue weighted by Gasteiger charge is 2.34. The molecule has 0 bridgehead atoms. The van der Waals surface area contributed by atoms with Crippen LogP contribution in [0.1, 0.15) is 59.3 Å². The van der Waals surface area contributed by atoms with E-state index >= 15 is 0 Å². The van der Waals surface area contributed by atoms with Gasteiger partial charge in [-0.15, -0.1) is 0 Å². The van der Waals surface area contributed by atoms with E-state index in [-0.39, 0.29) is 11.4 Å². The number of hydrogen-bond acceptors (Lipinski definition) is 5. The number of carbonyl (C=O) groups excluding carboxylic acids is 2. The van der Waals surface area contributed by atoms with Crippen LogP contribution in [0.3, 0.4) is 0 Å². The van der Waals surface area contributed by atoms with Crippen molar-refractivity contribution in [3.05, 3.63) is 24.3 Å². The zero-order valence-electron chi connectivity index (χ0n) is 17.8. The van der Waals surface area contributed by atoms with E-state index in [0.717, 1.165) is 38.5 Å². The number of rotatable bonds is 5. The molecule has 1 saturated carbocycles. The van der Waals surface area contributed by atoms with Crippen LogP contribution in [0.2, 0.25) is 0 Å². The zero-order chi connectivity index (χ0) is 22.4. The minimum Gasteiger partial charge on any atom is -0.444 e. The fourth-order valence-corrected chi connectivity index (χ4v) is 4.01. The van der Waals surface area contributed by atoms with Gasteiger partial charge in [0.05, 0.1) is 10.4 Å². The maximum Gasteiger partial charge on any atom is 0.408 e. The minimum absolute atomic E-state index is 0.0906. The maximum absolute atomic E-state index is 12.4. The fraction of sp³-hybridized carbons (Fsp3) is 0.600. The molecule has 0 atom stereocenters. The van der Waals surface area contributed by atoms with Crippen LogP contribution in [0.4, 0.5) is 15.3 Å². The number of nitrogens with two attached hydrogens (primary N) is 1. The fourth-order valence-electron chi connectivity index (χ4n) is 3.45. The number of alkyl carbamates (subject to hydrolysis) is 1. The normalized spacial score (nSPS) is 16.8. The lowest BCUT2D eigenvalue weighted by Crippen LogP contribution is -2.56. The number of sulfonamides is 1. The third kappa shape index (κ3) is 7.83. The van der Waals surface area contributed by atoms with Crippen molar-refractivity contribution in [3.8, 4) is 0 Å². The first-order chi connectivity index (χ1) is 13.9. The topological polar surface area (TPSA) is 140 Å². The Morgan fingerprint density at radius 3 is 2.33 bits per heavy atom. The van der Waals surface area contributed by atoms with Crippen LogP contribution in [0.15, 0.2) is 29.2 Å². The van der Waals surface area contributed by atoms with E-state index < -0.39 is 33.3 Å². The molecule has 5 N–H and O–H groups in total. The summed E-state index contributed by atoms with van der Waals surface area (Å²) in [4.78, 5) is 24.7. The number of anilines is 1. The van der Waals surface area contributed by atoms with Gasteiger partial charge in [0, 0.05) is 12.2 Å². The number of urea groups is 1. The molecule has 1 aromatic carbocycles. The summed E-state index contributed by atoms with van der Waals surface area (Å²) in [6, 6.07) is 5.19. The first-order valence-electron chi connectivity index (χ1n) is 10.1. The van der Waals surface area contributed by atoms with Crippen molar-refractivity contribution >= 4 is 27.8 Å². The molecule has 0 spiro atoms. The van der Waals surface area contributed by atoms with Crippen LogP contribution >= 0.6 is 0 Å². The van der Waals surface area contributed by atoms with Gasteiger partial charge >= 0.3 is 12.1 Å². The Bertz CT molecular complexity index is 856. The second-order valence-corrected chi connectivity index (χ2v) is 10.3. The Labute approximate surface area is 178 Å². The lowest BCUT2D eigenvalue weighted by atomic mass is 9.90. The predicted molar refractivity (Wildman–Crippen MR) is 115 cm³/mol. The first kappa shape index (κ1) is 23.9. The third-order valence-corrected chi connectivity index (χ3v) is 5.75. The Balaban J connectivity index is 2.04. The molecule has 0 radical (unpaired) electrons. The summed E-state index contributed by atoms with van der Waals surface area (Å²) in [5.74, 6) is 0. The van der Waals surface area contributed by atoms with Gasteiger partial charge in [-0.05, 0) is 51.8 Å². The van der Waals surface area contributed by atoms with Gasteiger partial charge < -0.3 is 20.7 Å². The van der Waals surface area contributed by atoms with Crippen LogP contribution in [0.5, 0.6) is 0 Å². The summed E-state index contributed by atoms with van der Waals surface area (Å²) in [7, 11) is -3.87. The van der Waals surface area contributed by atoms with Crippen molar-refractivity contribution in [2.24, 2.45) is 5.14 Å². The van der Waals surface area contributed by atoms with E-state index in [1.807, 2.05) is 0 Å². The van der Waals surface area contributed by atoms with Crippen LogP contribution < -0.4 is 21.1 Å². The summed E-state index contributed by atoms with van der Waals surface area (Å²) in [6.45, 7) is 5.63. The van der Waals surface area contributed by atoms with E-state index in [9.17, 15) is 18.0 Å². The molecule has 1 fully saturated rings. The van der Waals surface area contributed by atoms with Crippen LogP contribution in [0, 0.1) is 0 Å². The van der Waals surface area contributed by atoms with E-state index in [2.05, 4.69) is 16.0 Å². The molecule has 3 amide bonds. The standard InChI is InChI=1S/C20H32N4O5S/c1-19(2,3)29-18(26)24-20(11-6-4-5-7-12-20)14-22-17(25)23-15-9-8-10-16(13-15)30(21,27)28/h8-10,13H,4-7,11-12,14H2,1-3H3,(H,24,26)(H2,21,27,28)(H2,22,23,25). The number of amides is 3. The van der Waals surface area contributed by atoms with Gasteiger partial charge in [-0.3, -0.25) is 0 Å². The molecule has 2 rings (SSSR count). The second-order valence-electron chi connectivity index (χ2n) is 8.70. The number of primary sulfonamides is 1. The molecular formula is C20H32N4O5S. The summed E-state index contributed by atoms with van der Waals surface area (Å²) >= 11 is 0. The Morgan fingerprint density at radius 1 is 1.13 bits per heavy atom. The maximum atomic E-state index is 12.4. The molecule has 0 aliphatic heterocycles. The summed E-state index contributed by atoms with van der Waals surface area (Å²) < 4.78 is 28.4. The molecule has 1 aromatic rings. The van der Waals surface area contributed by atoms with E-state index in [1.165, 1.54) is 18.2 Å². The van der Waals surface area contributed by atoms with E-state index in [0.29, 0.717) is 5.69 Å². The quantitative estimate of drug-likeness (QED) is 0.521. The first-order valence-corrected chi connectivity index (χ1v) is 11.6. The number of hydrogen-bond donors (Lipinski definition) is 4. The molecule has 0 saturated heterocycles. The smallest absolute Gasteiger partial charge is 0.408 e. The van der Waals surface area contributed by atoms with Gasteiger partial charge in [0.15, 0.2) is 0 Å². The van der Waals surface area contributed by atoms with E-state index in [4.69, 9.17) is 9.88 Å². The van der Waals surface area contributed by atoms with Gasteiger partial charge in [0.25, 0.3) is 0 Å². The van der Waals surface area contributed by atoms with Crippen LogP contribution in [0.25, 0.3) is 0 Å². The van der Waals surface area contributed by atoms with Crippen molar-refractivity contribution in [2.45, 2.75) is 75.3 Å². The van der Waals surface area contributed by atoms with Crippen molar-refractivity contribution in [3.63, 3.8) is 0 Å². The summed E-state index contributed by atoms with van der Waals surface area (Å²) in [5, 5.41) is 13.5. The SMILES string of the molecule is CC(C)(C)OC(=O)NC1(CNC(=O)Nc2cccc(S(N)(=O)=O)c2)CCCCCC1. The summed E-state index contributed by atoms with van der Waals surface area (Å²) in [5.41, 5.74) is -0.914. The molecule has 1 aliphatic carbocycles. The average molecular weight is 441 g/mol. The highest BCUT2D eigenvalue weighted by Crippen LogP contribution is 2.27. The summed E-state index contributed by atoms with van der Waals surface area (Å²) in [6.07, 6.45) is 4.98. The Kier molecular flexibility index (Phi) is 7.70. The van der Waals surface area contributed by atoms with Crippen molar-refractivity contribution in [2.75, 3.05) is 11.9 Å². The predicted octanol–water partition coefficient (Wildman–Crippen LogP) is 3.07. The minimum atomic E-state index is -3.87. The van der Waals surface area contributed by atoms with Gasteiger partial charge in [0.1, 0.15) is 5.60 Å². The molecular weight excluding hydrogens is 408 g/mol. The van der Waals surface area contributed by atoms with Crippen molar-refractivity contribution in [1.82, 2.24) is 10.6 Å². The van der Waals surface area contributed by atoms with Gasteiger partial charge in [-0.1, -0.05) is 31.7 Å². The molecule has 9 nitrogen and oxygen atoms in total. The molecule has 10 heteroatoms. The lowest BCUT2D eigenvalue weighted by molar-refractivity contribution is 0.0442. The molecule has 168 valence electrons. The Hall–Kier alpha value is -2.33. The number of nitrogens with one attached hydrogen (secondary N) is 3. The van der Waals surface area contributed by atoms with Crippen molar-refractivity contribution < 1.29 is 22.7 Å². The largest absolute Gasteiger partial charge is 0.444 e. The molecule has 30 heavy (non-hydrogen) atoms. The zero-order valence-corrected chi connectivity index (χ0v) is 18.6. The molecule has 0 heterocycles. The van der Waals surface area contributed by atoms with Gasteiger partial charge in [-0.25, -0.2) is 23.1 Å². The highest BCUT2D eigenvalue weighted by atomic mass is 32.2. The monoisotopic (exact) mass is 440 g/mol. The average Bonchev–Trinajstić information content (AvgIpc) is 2.84. The van der Waals surface area contributed by atoms with Crippen molar-refractivity contribution in [1.29, 1.82) is 0 Å². The highest BCUT2D eigenvalue weighted by molar-refractivity contribution is 7.89. The Morgan fingerprint density at radius 2 is 1.77 bits per heavy atom. The molecule has 1 aliphatic rings. The number of carbonyl (C=O) groups is 2. The lowest BCUT2D eigenvalue weighted by Gasteiger charge is -2.35. The van der Waals surface area contributed by atoms with Gasteiger partial charge in [0.2, 0.25) is 10.0 Å². The van der Waals surface area contributed by atoms with Crippen LogP contribution in [-0.2, 0) is 14.8 Å². The van der Waals surface area contributed by atoms with E-state index in [1.54, 1.807) is 26.8 Å². The van der Waals surface area contributed by atoms with Crippen LogP contribution in [-0.4, -0.2) is 38.2 Å². The third-order valence-electron chi connectivity index (χ3n) is 4.83. The molecule has 0 unspecified atom stereocenters. The molecule has 0 aromatic heterocycles. The van der Waals surface area contributed by atoms with Gasteiger partial charge in [-0.2, -0.15) is 0 Å². The number of ether oxygens (including phenoxy) is 1. The number of benzene rings is 1. The second kappa shape index (κ2) is 9.65.